The lowest BCUT2D eigenvalue weighted by Gasteiger charge is -2.39. The third-order valence-corrected chi connectivity index (χ3v) is 3.87. The van der Waals surface area contributed by atoms with Gasteiger partial charge in [0.05, 0.1) is 0 Å². The summed E-state index contributed by atoms with van der Waals surface area (Å²) in [7, 11) is 2.23. The van der Waals surface area contributed by atoms with Crippen molar-refractivity contribution in [3.8, 4) is 0 Å². The van der Waals surface area contributed by atoms with E-state index in [0.717, 1.165) is 6.54 Å². The monoisotopic (exact) mass is 212 g/mol. The summed E-state index contributed by atoms with van der Waals surface area (Å²) in [5.41, 5.74) is 6.56. The van der Waals surface area contributed by atoms with Gasteiger partial charge in [0.2, 0.25) is 0 Å². The summed E-state index contributed by atoms with van der Waals surface area (Å²) >= 11 is 0. The minimum Gasteiger partial charge on any atom is -0.324 e. The van der Waals surface area contributed by atoms with Gasteiger partial charge in [0.15, 0.2) is 0 Å². The molecule has 0 radical (unpaired) electrons. The zero-order valence-corrected chi connectivity index (χ0v) is 10.8. The fourth-order valence-corrected chi connectivity index (χ4v) is 2.70. The standard InChI is InChI=1S/C13H28N2/c1-4-8-12(2)15(3)11-13(14)9-6-5-7-10-13/h12H,4-11,14H2,1-3H3. The molecule has 1 atom stereocenters. The van der Waals surface area contributed by atoms with E-state index in [-0.39, 0.29) is 5.54 Å². The van der Waals surface area contributed by atoms with Gasteiger partial charge in [-0.3, -0.25) is 0 Å². The number of nitrogens with zero attached hydrogens (tertiary/aromatic N) is 1. The van der Waals surface area contributed by atoms with Gasteiger partial charge >= 0.3 is 0 Å². The first-order valence-corrected chi connectivity index (χ1v) is 6.56. The molecule has 0 aliphatic heterocycles. The molecule has 0 aromatic rings. The Morgan fingerprint density at radius 2 is 1.87 bits per heavy atom. The van der Waals surface area contributed by atoms with Crippen LogP contribution < -0.4 is 5.73 Å². The van der Waals surface area contributed by atoms with Crippen molar-refractivity contribution in [1.82, 2.24) is 4.90 Å². The van der Waals surface area contributed by atoms with Crippen molar-refractivity contribution >= 4 is 0 Å². The highest BCUT2D eigenvalue weighted by Gasteiger charge is 2.29. The zero-order valence-electron chi connectivity index (χ0n) is 10.8. The van der Waals surface area contributed by atoms with Gasteiger partial charge in [-0.2, -0.15) is 0 Å². The third kappa shape index (κ3) is 4.12. The first-order chi connectivity index (χ1) is 7.07. The number of hydrogen-bond donors (Lipinski definition) is 1. The third-order valence-electron chi connectivity index (χ3n) is 3.87. The molecule has 0 heterocycles. The largest absolute Gasteiger partial charge is 0.324 e. The van der Waals surface area contributed by atoms with Crippen LogP contribution in [0, 0.1) is 0 Å². The molecule has 2 heteroatoms. The molecule has 0 amide bonds. The molecule has 0 aromatic heterocycles. The van der Waals surface area contributed by atoms with Crippen molar-refractivity contribution in [1.29, 1.82) is 0 Å². The van der Waals surface area contributed by atoms with Crippen LogP contribution in [-0.2, 0) is 0 Å². The lowest BCUT2D eigenvalue weighted by Crippen LogP contribution is -2.52. The van der Waals surface area contributed by atoms with E-state index in [1.165, 1.54) is 44.9 Å². The van der Waals surface area contributed by atoms with Gasteiger partial charge in [-0.05, 0) is 33.2 Å². The lowest BCUT2D eigenvalue weighted by molar-refractivity contribution is 0.159. The van der Waals surface area contributed by atoms with Gasteiger partial charge < -0.3 is 10.6 Å². The molecule has 0 bridgehead atoms. The molecule has 1 rings (SSSR count). The molecule has 0 aromatic carbocycles. The normalized spacial score (nSPS) is 23.0. The number of likely N-dealkylation sites (N-methyl/N-ethyl adjacent to an activating group) is 1. The topological polar surface area (TPSA) is 29.3 Å². The maximum atomic E-state index is 6.45. The van der Waals surface area contributed by atoms with Crippen LogP contribution in [0.2, 0.25) is 0 Å². The van der Waals surface area contributed by atoms with Crippen molar-refractivity contribution in [2.75, 3.05) is 13.6 Å². The molecule has 1 aliphatic carbocycles. The summed E-state index contributed by atoms with van der Waals surface area (Å²) in [4.78, 5) is 2.45. The van der Waals surface area contributed by atoms with Crippen LogP contribution in [0.5, 0.6) is 0 Å². The summed E-state index contributed by atoms with van der Waals surface area (Å²) < 4.78 is 0. The van der Waals surface area contributed by atoms with Gasteiger partial charge in [-0.1, -0.05) is 32.6 Å². The van der Waals surface area contributed by atoms with Gasteiger partial charge in [0.25, 0.3) is 0 Å². The molecule has 0 saturated heterocycles. The van der Waals surface area contributed by atoms with E-state index in [1.807, 2.05) is 0 Å². The molecule has 1 unspecified atom stereocenters. The van der Waals surface area contributed by atoms with Crippen molar-refractivity contribution in [2.24, 2.45) is 5.73 Å². The Labute approximate surface area is 95.2 Å². The Morgan fingerprint density at radius 1 is 1.27 bits per heavy atom. The van der Waals surface area contributed by atoms with Crippen molar-refractivity contribution in [3.63, 3.8) is 0 Å². The van der Waals surface area contributed by atoms with E-state index >= 15 is 0 Å². The molecule has 1 saturated carbocycles. The minimum absolute atomic E-state index is 0.106. The van der Waals surface area contributed by atoms with Crippen molar-refractivity contribution in [3.05, 3.63) is 0 Å². The quantitative estimate of drug-likeness (QED) is 0.759. The van der Waals surface area contributed by atoms with Gasteiger partial charge in [-0.25, -0.2) is 0 Å². The Kier molecular flexibility index (Phi) is 5.07. The maximum absolute atomic E-state index is 6.45. The predicted molar refractivity (Wildman–Crippen MR) is 67.0 cm³/mol. The van der Waals surface area contributed by atoms with Crippen LogP contribution in [0.15, 0.2) is 0 Å². The van der Waals surface area contributed by atoms with Crippen LogP contribution in [0.1, 0.15) is 58.8 Å². The molecule has 15 heavy (non-hydrogen) atoms. The van der Waals surface area contributed by atoms with Crippen LogP contribution in [-0.4, -0.2) is 30.1 Å². The number of hydrogen-bond acceptors (Lipinski definition) is 2. The first-order valence-electron chi connectivity index (χ1n) is 6.56. The van der Waals surface area contributed by atoms with Crippen LogP contribution in [0.4, 0.5) is 0 Å². The molecular formula is C13H28N2. The van der Waals surface area contributed by atoms with Gasteiger partial charge in [-0.15, -0.1) is 0 Å². The highest BCUT2D eigenvalue weighted by molar-refractivity contribution is 4.90. The zero-order chi connectivity index (χ0) is 11.3. The molecular weight excluding hydrogens is 184 g/mol. The number of rotatable bonds is 5. The molecule has 1 aliphatic rings. The van der Waals surface area contributed by atoms with Crippen molar-refractivity contribution < 1.29 is 0 Å². The highest BCUT2D eigenvalue weighted by atomic mass is 15.1. The molecule has 1 fully saturated rings. The van der Waals surface area contributed by atoms with Crippen LogP contribution in [0.3, 0.4) is 0 Å². The van der Waals surface area contributed by atoms with E-state index in [1.54, 1.807) is 0 Å². The van der Waals surface area contributed by atoms with Crippen LogP contribution >= 0.6 is 0 Å². The van der Waals surface area contributed by atoms with Crippen LogP contribution in [0.25, 0.3) is 0 Å². The Morgan fingerprint density at radius 3 is 2.40 bits per heavy atom. The van der Waals surface area contributed by atoms with Gasteiger partial charge in [0.1, 0.15) is 0 Å². The van der Waals surface area contributed by atoms with E-state index in [4.69, 9.17) is 5.73 Å². The summed E-state index contributed by atoms with van der Waals surface area (Å²) in [6.07, 6.45) is 9.02. The molecule has 90 valence electrons. The second-order valence-electron chi connectivity index (χ2n) is 5.48. The molecule has 0 spiro atoms. The summed E-state index contributed by atoms with van der Waals surface area (Å²) in [5, 5.41) is 0. The average Bonchev–Trinajstić information content (AvgIpc) is 2.18. The van der Waals surface area contributed by atoms with Crippen molar-refractivity contribution in [2.45, 2.75) is 70.4 Å². The lowest BCUT2D eigenvalue weighted by atomic mass is 9.82. The number of nitrogens with two attached hydrogens (primary N) is 1. The minimum atomic E-state index is 0.106. The smallest absolute Gasteiger partial charge is 0.0283 e. The first kappa shape index (κ1) is 13.0. The fourth-order valence-electron chi connectivity index (χ4n) is 2.70. The van der Waals surface area contributed by atoms with E-state index in [9.17, 15) is 0 Å². The Hall–Kier alpha value is -0.0800. The predicted octanol–water partition coefficient (Wildman–Crippen LogP) is 2.77. The van der Waals surface area contributed by atoms with E-state index < -0.39 is 0 Å². The Balaban J connectivity index is 2.37. The SMILES string of the molecule is CCCC(C)N(C)CC1(N)CCCCC1. The highest BCUT2D eigenvalue weighted by Crippen LogP contribution is 2.27. The van der Waals surface area contributed by atoms with E-state index in [0.29, 0.717) is 6.04 Å². The maximum Gasteiger partial charge on any atom is 0.0283 e. The summed E-state index contributed by atoms with van der Waals surface area (Å²) in [6.45, 7) is 5.65. The van der Waals surface area contributed by atoms with Gasteiger partial charge in [0, 0.05) is 18.1 Å². The summed E-state index contributed by atoms with van der Waals surface area (Å²) in [6, 6.07) is 0.678. The molecule has 2 nitrogen and oxygen atoms in total. The second-order valence-corrected chi connectivity index (χ2v) is 5.48. The average molecular weight is 212 g/mol. The Bertz CT molecular complexity index is 173. The second kappa shape index (κ2) is 5.86. The van der Waals surface area contributed by atoms with E-state index in [2.05, 4.69) is 25.8 Å². The summed E-state index contributed by atoms with van der Waals surface area (Å²) in [5.74, 6) is 0. The molecule has 2 N–H and O–H groups in total. The fraction of sp³-hybridized carbons (Fsp3) is 1.00.